The summed E-state index contributed by atoms with van der Waals surface area (Å²) in [4.78, 5) is 26.9. The van der Waals surface area contributed by atoms with Gasteiger partial charge in [0.05, 0.1) is 53.1 Å². The van der Waals surface area contributed by atoms with Crippen LogP contribution in [0.25, 0.3) is 0 Å². The van der Waals surface area contributed by atoms with Gasteiger partial charge in [-0.1, -0.05) is 30.3 Å². The van der Waals surface area contributed by atoms with Crippen molar-refractivity contribution in [3.63, 3.8) is 0 Å². The topological polar surface area (TPSA) is 129 Å². The second kappa shape index (κ2) is 9.55. The summed E-state index contributed by atoms with van der Waals surface area (Å²) in [6.07, 6.45) is 0. The van der Waals surface area contributed by atoms with Crippen molar-refractivity contribution in [1.29, 1.82) is 10.5 Å². The van der Waals surface area contributed by atoms with Crippen LogP contribution in [0.2, 0.25) is 0 Å². The minimum Gasteiger partial charge on any atom is -0.466 e. The van der Waals surface area contributed by atoms with Crippen LogP contribution in [0, 0.1) is 28.5 Å². The molecule has 1 unspecified atom stereocenters. The third kappa shape index (κ3) is 4.04. The van der Waals surface area contributed by atoms with Gasteiger partial charge in [-0.25, -0.2) is 14.0 Å². The van der Waals surface area contributed by atoms with Gasteiger partial charge in [-0.05, 0) is 27.6 Å². The lowest BCUT2D eigenvalue weighted by Crippen LogP contribution is -2.41. The van der Waals surface area contributed by atoms with Gasteiger partial charge in [0.1, 0.15) is 23.4 Å². The van der Waals surface area contributed by atoms with E-state index in [1.807, 2.05) is 12.1 Å². The van der Waals surface area contributed by atoms with Crippen molar-refractivity contribution in [2.75, 3.05) is 19.1 Å². The Morgan fingerprint density at radius 3 is 2.27 bits per heavy atom. The zero-order valence-corrected chi connectivity index (χ0v) is 19.0. The van der Waals surface area contributed by atoms with Crippen LogP contribution >= 0.6 is 15.9 Å². The van der Waals surface area contributed by atoms with E-state index in [-0.39, 0.29) is 32.7 Å². The van der Waals surface area contributed by atoms with E-state index < -0.39 is 29.4 Å². The van der Waals surface area contributed by atoms with Crippen molar-refractivity contribution in [3.8, 4) is 12.1 Å². The lowest BCUT2D eigenvalue weighted by Gasteiger charge is -2.36. The number of carbonyl (C=O) groups is 2. The first kappa shape index (κ1) is 23.5. The SMILES string of the molecule is COC(=O)C1=C(C(=O)OC)N(c2cc(F)c(Br)cc2C#N)C(N)=C(C#N)C1c1ccccc1. The van der Waals surface area contributed by atoms with Crippen LogP contribution in [0.4, 0.5) is 10.1 Å². The summed E-state index contributed by atoms with van der Waals surface area (Å²) in [5.41, 5.74) is 5.86. The molecule has 0 fully saturated rings. The van der Waals surface area contributed by atoms with Crippen molar-refractivity contribution < 1.29 is 23.5 Å². The number of halogens is 2. The number of nitrogens with zero attached hydrogens (tertiary/aromatic N) is 3. The normalized spacial score (nSPS) is 15.6. The van der Waals surface area contributed by atoms with Crippen LogP contribution in [-0.4, -0.2) is 26.2 Å². The highest BCUT2D eigenvalue weighted by Crippen LogP contribution is 2.44. The summed E-state index contributed by atoms with van der Waals surface area (Å²) in [5, 5.41) is 19.6. The Labute approximate surface area is 197 Å². The molecule has 33 heavy (non-hydrogen) atoms. The van der Waals surface area contributed by atoms with Gasteiger partial charge < -0.3 is 15.2 Å². The van der Waals surface area contributed by atoms with Gasteiger partial charge in [0.25, 0.3) is 0 Å². The molecule has 0 saturated heterocycles. The van der Waals surface area contributed by atoms with Gasteiger partial charge in [0.2, 0.25) is 0 Å². The summed E-state index contributed by atoms with van der Waals surface area (Å²) < 4.78 is 24.3. The third-order valence-corrected chi connectivity index (χ3v) is 5.62. The Morgan fingerprint density at radius 1 is 1.09 bits per heavy atom. The standard InChI is InChI=1S/C23H16BrFN4O4/c1-32-22(30)19-18(12-6-4-3-5-7-12)14(11-27)21(28)29(20(19)23(31)33-2)17-9-16(25)15(24)8-13(17)10-26/h3-9,18H,28H2,1-2H3. The molecule has 0 saturated carbocycles. The molecule has 0 bridgehead atoms. The van der Waals surface area contributed by atoms with Gasteiger partial charge in [-0.3, -0.25) is 4.90 Å². The highest BCUT2D eigenvalue weighted by Gasteiger charge is 2.43. The second-order valence-corrected chi connectivity index (χ2v) is 7.58. The first-order valence-electron chi connectivity index (χ1n) is 9.35. The van der Waals surface area contributed by atoms with E-state index in [1.54, 1.807) is 30.3 Å². The first-order chi connectivity index (χ1) is 15.8. The molecule has 0 spiro atoms. The number of hydrogen-bond donors (Lipinski definition) is 1. The molecule has 1 aliphatic rings. The quantitative estimate of drug-likeness (QED) is 0.619. The third-order valence-electron chi connectivity index (χ3n) is 5.01. The first-order valence-corrected chi connectivity index (χ1v) is 10.1. The van der Waals surface area contributed by atoms with Crippen molar-refractivity contribution in [3.05, 3.63) is 86.5 Å². The average Bonchev–Trinajstić information content (AvgIpc) is 2.84. The van der Waals surface area contributed by atoms with E-state index in [2.05, 4.69) is 15.9 Å². The van der Waals surface area contributed by atoms with E-state index in [1.165, 1.54) is 6.07 Å². The maximum atomic E-state index is 14.5. The molecule has 2 aromatic carbocycles. The number of esters is 2. The Hall–Kier alpha value is -4.15. The van der Waals surface area contributed by atoms with Gasteiger partial charge in [0, 0.05) is 6.07 Å². The van der Waals surface area contributed by atoms with Crippen molar-refractivity contribution in [1.82, 2.24) is 0 Å². The molecule has 0 aliphatic carbocycles. The van der Waals surface area contributed by atoms with Crippen LogP contribution in [0.3, 0.4) is 0 Å². The molecule has 0 radical (unpaired) electrons. The van der Waals surface area contributed by atoms with E-state index in [0.29, 0.717) is 5.56 Å². The lowest BCUT2D eigenvalue weighted by atomic mass is 9.80. The Kier molecular flexibility index (Phi) is 6.80. The summed E-state index contributed by atoms with van der Waals surface area (Å²) in [6, 6.07) is 14.5. The van der Waals surface area contributed by atoms with Crippen LogP contribution in [0.1, 0.15) is 17.0 Å². The van der Waals surface area contributed by atoms with E-state index in [4.69, 9.17) is 15.2 Å². The Balaban J connectivity index is 2.49. The maximum absolute atomic E-state index is 14.5. The highest BCUT2D eigenvalue weighted by molar-refractivity contribution is 9.10. The predicted molar refractivity (Wildman–Crippen MR) is 118 cm³/mol. The van der Waals surface area contributed by atoms with E-state index in [9.17, 15) is 24.5 Å². The number of hydrogen-bond acceptors (Lipinski definition) is 8. The number of ether oxygens (including phenoxy) is 2. The summed E-state index contributed by atoms with van der Waals surface area (Å²) in [7, 11) is 2.21. The average molecular weight is 511 g/mol. The van der Waals surface area contributed by atoms with Gasteiger partial charge >= 0.3 is 11.9 Å². The molecule has 2 aromatic rings. The molecule has 1 aliphatic heterocycles. The fourth-order valence-corrected chi connectivity index (χ4v) is 3.92. The molecule has 166 valence electrons. The Morgan fingerprint density at radius 2 is 1.73 bits per heavy atom. The zero-order chi connectivity index (χ0) is 24.3. The minimum atomic E-state index is -1.07. The molecule has 2 N–H and O–H groups in total. The van der Waals surface area contributed by atoms with Gasteiger partial charge in [0.15, 0.2) is 0 Å². The molecule has 1 heterocycles. The fraction of sp³-hybridized carbons (Fsp3) is 0.130. The number of rotatable bonds is 4. The van der Waals surface area contributed by atoms with Crippen LogP contribution < -0.4 is 10.6 Å². The van der Waals surface area contributed by atoms with E-state index in [0.717, 1.165) is 25.2 Å². The molecule has 10 heteroatoms. The monoisotopic (exact) mass is 510 g/mol. The lowest BCUT2D eigenvalue weighted by molar-refractivity contribution is -0.139. The maximum Gasteiger partial charge on any atom is 0.355 e. The van der Waals surface area contributed by atoms with Crippen molar-refractivity contribution in [2.24, 2.45) is 5.73 Å². The molecule has 3 rings (SSSR count). The number of carbonyl (C=O) groups excluding carboxylic acids is 2. The Bertz CT molecular complexity index is 1290. The van der Waals surface area contributed by atoms with Crippen molar-refractivity contribution >= 4 is 33.6 Å². The number of methoxy groups -OCH3 is 2. The highest BCUT2D eigenvalue weighted by atomic mass is 79.9. The number of allylic oxidation sites excluding steroid dienone is 1. The molecule has 8 nitrogen and oxygen atoms in total. The molecule has 0 aromatic heterocycles. The largest absolute Gasteiger partial charge is 0.466 e. The smallest absolute Gasteiger partial charge is 0.355 e. The summed E-state index contributed by atoms with van der Waals surface area (Å²) >= 11 is 3.01. The fourth-order valence-electron chi connectivity index (χ4n) is 3.57. The molecule has 0 amide bonds. The van der Waals surface area contributed by atoms with E-state index >= 15 is 0 Å². The molecule has 1 atom stereocenters. The van der Waals surface area contributed by atoms with Crippen molar-refractivity contribution in [2.45, 2.75) is 5.92 Å². The number of anilines is 1. The molecular formula is C23H16BrFN4O4. The van der Waals surface area contributed by atoms with Crippen LogP contribution in [0.15, 0.2) is 69.6 Å². The summed E-state index contributed by atoms with van der Waals surface area (Å²) in [6.45, 7) is 0. The predicted octanol–water partition coefficient (Wildman–Crippen LogP) is 3.36. The van der Waals surface area contributed by atoms with Crippen LogP contribution in [-0.2, 0) is 19.1 Å². The zero-order valence-electron chi connectivity index (χ0n) is 17.4. The van der Waals surface area contributed by atoms with Gasteiger partial charge in [-0.15, -0.1) is 0 Å². The number of nitrogens with two attached hydrogens (primary N) is 1. The van der Waals surface area contributed by atoms with Crippen LogP contribution in [0.5, 0.6) is 0 Å². The second-order valence-electron chi connectivity index (χ2n) is 6.73. The number of nitriles is 2. The molecular weight excluding hydrogens is 495 g/mol. The number of benzene rings is 2. The summed E-state index contributed by atoms with van der Waals surface area (Å²) in [5.74, 6) is -4.02. The van der Waals surface area contributed by atoms with Gasteiger partial charge in [-0.2, -0.15) is 10.5 Å². The minimum absolute atomic E-state index is 0.00168.